The molecule has 2 aromatic carbocycles. The summed E-state index contributed by atoms with van der Waals surface area (Å²) in [7, 11) is 0. The molecule has 0 saturated heterocycles. The lowest BCUT2D eigenvalue weighted by Gasteiger charge is -2.02. The third kappa shape index (κ3) is 2.75. The largest absolute Gasteiger partial charge is 0.298 e. The zero-order valence-corrected chi connectivity index (χ0v) is 10.4. The van der Waals surface area contributed by atoms with Crippen LogP contribution in [0.4, 0.5) is 0 Å². The first-order valence-electron chi connectivity index (χ1n) is 5.85. The van der Waals surface area contributed by atoms with Crippen LogP contribution in [0.25, 0.3) is 0 Å². The number of ketones is 2. The van der Waals surface area contributed by atoms with Crippen LogP contribution in [0.5, 0.6) is 0 Å². The summed E-state index contributed by atoms with van der Waals surface area (Å²) in [6.45, 7) is 0. The van der Waals surface area contributed by atoms with E-state index in [2.05, 4.69) is 0 Å². The highest BCUT2D eigenvalue weighted by molar-refractivity contribution is 6.49. The maximum Gasteiger partial charge on any atom is 0.233 e. The molecule has 0 aliphatic heterocycles. The fourth-order valence-electron chi connectivity index (χ4n) is 1.73. The van der Waals surface area contributed by atoms with Gasteiger partial charge >= 0.3 is 0 Å². The third-order valence-corrected chi connectivity index (χ3v) is 2.80. The summed E-state index contributed by atoms with van der Waals surface area (Å²) >= 11 is 0. The lowest BCUT2D eigenvalue weighted by Crippen LogP contribution is -2.14. The minimum absolute atomic E-state index is 0.166. The van der Waals surface area contributed by atoms with E-state index in [0.29, 0.717) is 23.7 Å². The minimum Gasteiger partial charge on any atom is -0.298 e. The van der Waals surface area contributed by atoms with Crippen LogP contribution >= 0.6 is 0 Å². The molecule has 0 saturated carbocycles. The van der Waals surface area contributed by atoms with Crippen LogP contribution in [-0.4, -0.2) is 24.1 Å². The second-order valence-corrected chi connectivity index (χ2v) is 4.14. The van der Waals surface area contributed by atoms with E-state index < -0.39 is 11.6 Å². The molecule has 0 amide bonds. The molecule has 0 fully saturated rings. The van der Waals surface area contributed by atoms with Crippen molar-refractivity contribution < 1.29 is 19.2 Å². The Labute approximate surface area is 115 Å². The molecule has 4 nitrogen and oxygen atoms in total. The molecule has 0 heterocycles. The molecule has 2 aromatic rings. The summed E-state index contributed by atoms with van der Waals surface area (Å²) in [6, 6.07) is 11.7. The van der Waals surface area contributed by atoms with Crippen molar-refractivity contribution in [3.05, 3.63) is 70.8 Å². The van der Waals surface area contributed by atoms with Gasteiger partial charge in [0.05, 0.1) is 0 Å². The molecule has 0 N–H and O–H groups in total. The Hall–Kier alpha value is -2.88. The molecule has 2 rings (SSSR count). The molecule has 4 heteroatoms. The van der Waals surface area contributed by atoms with Gasteiger partial charge in [-0.1, -0.05) is 42.5 Å². The lowest BCUT2D eigenvalue weighted by molar-refractivity contribution is 0.0817. The van der Waals surface area contributed by atoms with E-state index in [1.165, 1.54) is 36.4 Å². The van der Waals surface area contributed by atoms with E-state index in [1.807, 2.05) is 0 Å². The van der Waals surface area contributed by atoms with Crippen molar-refractivity contribution in [3.8, 4) is 0 Å². The molecule has 0 bridgehead atoms. The lowest BCUT2D eigenvalue weighted by atomic mass is 9.99. The van der Waals surface area contributed by atoms with Gasteiger partial charge in [0.15, 0.2) is 0 Å². The average Bonchev–Trinajstić information content (AvgIpc) is 2.53. The number of aldehydes is 2. The van der Waals surface area contributed by atoms with Crippen LogP contribution < -0.4 is 0 Å². The highest BCUT2D eigenvalue weighted by Gasteiger charge is 2.18. The first-order valence-corrected chi connectivity index (χ1v) is 5.85. The van der Waals surface area contributed by atoms with Gasteiger partial charge in [0.1, 0.15) is 12.6 Å². The van der Waals surface area contributed by atoms with E-state index in [0.717, 1.165) is 0 Å². The van der Waals surface area contributed by atoms with E-state index in [9.17, 15) is 19.2 Å². The summed E-state index contributed by atoms with van der Waals surface area (Å²) in [5.41, 5.74) is 1.13. The van der Waals surface area contributed by atoms with E-state index in [-0.39, 0.29) is 11.1 Å². The summed E-state index contributed by atoms with van der Waals surface area (Å²) in [5.74, 6) is -1.36. The molecular weight excluding hydrogens is 256 g/mol. The van der Waals surface area contributed by atoms with Crippen LogP contribution in [-0.2, 0) is 0 Å². The second kappa shape index (κ2) is 5.84. The first-order chi connectivity index (χ1) is 9.65. The normalized spacial score (nSPS) is 9.80. The number of hydrogen-bond acceptors (Lipinski definition) is 4. The first kappa shape index (κ1) is 13.5. The summed E-state index contributed by atoms with van der Waals surface area (Å²) in [5, 5.41) is 0. The zero-order valence-electron chi connectivity index (χ0n) is 10.4. The molecule has 0 unspecified atom stereocenters. The van der Waals surface area contributed by atoms with Crippen molar-refractivity contribution in [1.82, 2.24) is 0 Å². The summed E-state index contributed by atoms with van der Waals surface area (Å²) in [4.78, 5) is 45.2. The molecule has 20 heavy (non-hydrogen) atoms. The minimum atomic E-state index is -0.687. The van der Waals surface area contributed by atoms with Crippen LogP contribution in [0, 0.1) is 0 Å². The molecule has 0 radical (unpaired) electrons. The van der Waals surface area contributed by atoms with Gasteiger partial charge in [-0.25, -0.2) is 0 Å². The van der Waals surface area contributed by atoms with Gasteiger partial charge in [-0.05, 0) is 6.07 Å². The van der Waals surface area contributed by atoms with Gasteiger partial charge in [-0.3, -0.25) is 19.2 Å². The fraction of sp³-hybridized carbons (Fsp3) is 0. The molecular formula is C16H10O4. The molecule has 0 atom stereocenters. The van der Waals surface area contributed by atoms with Crippen molar-refractivity contribution in [1.29, 1.82) is 0 Å². The van der Waals surface area contributed by atoms with Crippen molar-refractivity contribution in [2.24, 2.45) is 0 Å². The standard InChI is InChI=1S/C16H10O4/c17-9-11-4-6-13(7-5-11)15(19)16(20)14-3-1-2-12(8-14)10-18/h1-10H. The number of hydrogen-bond donors (Lipinski definition) is 0. The molecule has 0 spiro atoms. The van der Waals surface area contributed by atoms with E-state index in [1.54, 1.807) is 12.1 Å². The monoisotopic (exact) mass is 266 g/mol. The van der Waals surface area contributed by atoms with E-state index >= 15 is 0 Å². The van der Waals surface area contributed by atoms with Gasteiger partial charge in [-0.15, -0.1) is 0 Å². The Bertz CT molecular complexity index is 684. The third-order valence-electron chi connectivity index (χ3n) is 2.80. The Morgan fingerprint density at radius 3 is 1.90 bits per heavy atom. The predicted molar refractivity (Wildman–Crippen MR) is 72.3 cm³/mol. The van der Waals surface area contributed by atoms with Crippen molar-refractivity contribution in [2.75, 3.05) is 0 Å². The van der Waals surface area contributed by atoms with Crippen molar-refractivity contribution in [2.45, 2.75) is 0 Å². The topological polar surface area (TPSA) is 68.3 Å². The quantitative estimate of drug-likeness (QED) is 0.473. The van der Waals surface area contributed by atoms with Crippen LogP contribution in [0.3, 0.4) is 0 Å². The average molecular weight is 266 g/mol. The summed E-state index contributed by atoms with van der Waals surface area (Å²) < 4.78 is 0. The Balaban J connectivity index is 2.29. The molecule has 0 aromatic heterocycles. The van der Waals surface area contributed by atoms with Crippen LogP contribution in [0.1, 0.15) is 41.4 Å². The van der Waals surface area contributed by atoms with Gasteiger partial charge in [0.2, 0.25) is 11.6 Å². The fourth-order valence-corrected chi connectivity index (χ4v) is 1.73. The van der Waals surface area contributed by atoms with Crippen molar-refractivity contribution in [3.63, 3.8) is 0 Å². The summed E-state index contributed by atoms with van der Waals surface area (Å²) in [6.07, 6.45) is 1.27. The number of carbonyl (C=O) groups excluding carboxylic acids is 4. The molecule has 98 valence electrons. The highest BCUT2D eigenvalue weighted by Crippen LogP contribution is 2.10. The number of carbonyl (C=O) groups is 4. The maximum absolute atomic E-state index is 12.0. The smallest absolute Gasteiger partial charge is 0.233 e. The van der Waals surface area contributed by atoms with Crippen molar-refractivity contribution >= 4 is 24.1 Å². The molecule has 0 aliphatic rings. The van der Waals surface area contributed by atoms with Crippen LogP contribution in [0.2, 0.25) is 0 Å². The molecule has 0 aliphatic carbocycles. The highest BCUT2D eigenvalue weighted by atomic mass is 16.2. The Morgan fingerprint density at radius 1 is 0.700 bits per heavy atom. The number of Topliss-reactive ketones (excluding diaryl/α,β-unsaturated/α-hetero) is 2. The second-order valence-electron chi connectivity index (χ2n) is 4.14. The van der Waals surface area contributed by atoms with E-state index in [4.69, 9.17) is 0 Å². The Morgan fingerprint density at radius 2 is 1.30 bits per heavy atom. The zero-order chi connectivity index (χ0) is 14.5. The maximum atomic E-state index is 12.0. The van der Waals surface area contributed by atoms with Gasteiger partial charge in [0, 0.05) is 22.3 Å². The van der Waals surface area contributed by atoms with Gasteiger partial charge < -0.3 is 0 Å². The number of rotatable bonds is 5. The van der Waals surface area contributed by atoms with Crippen LogP contribution in [0.15, 0.2) is 48.5 Å². The van der Waals surface area contributed by atoms with Gasteiger partial charge in [-0.2, -0.15) is 0 Å². The predicted octanol–water partition coefficient (Wildman–Crippen LogP) is 2.38. The number of benzene rings is 2. The SMILES string of the molecule is O=Cc1ccc(C(=O)C(=O)c2cccc(C=O)c2)cc1. The van der Waals surface area contributed by atoms with Gasteiger partial charge in [0.25, 0.3) is 0 Å². The Kier molecular flexibility index (Phi) is 3.96.